The highest BCUT2D eigenvalue weighted by atomic mass is 32.2. The summed E-state index contributed by atoms with van der Waals surface area (Å²) < 4.78 is 1.92. The molecule has 0 saturated carbocycles. The number of nitrogens with zero attached hydrogens (tertiary/aromatic N) is 5. The second-order valence-electron chi connectivity index (χ2n) is 6.90. The number of hydrogen-bond donors (Lipinski definition) is 0. The van der Waals surface area contributed by atoms with E-state index in [-0.39, 0.29) is 11.7 Å². The smallest absolute Gasteiger partial charge is 0.243 e. The molecule has 1 amide bonds. The fourth-order valence-electron chi connectivity index (χ4n) is 3.14. The molecule has 0 atom stereocenters. The Kier molecular flexibility index (Phi) is 5.96. The molecule has 2 heterocycles. The van der Waals surface area contributed by atoms with Crippen molar-refractivity contribution < 1.29 is 4.79 Å². The second kappa shape index (κ2) is 8.81. The van der Waals surface area contributed by atoms with Gasteiger partial charge in [-0.15, -0.1) is 21.5 Å². The van der Waals surface area contributed by atoms with Crippen LogP contribution in [0.3, 0.4) is 0 Å². The summed E-state index contributed by atoms with van der Waals surface area (Å²) in [6, 6.07) is 15.8. The predicted octanol–water partition coefficient (Wildman–Crippen LogP) is 5.11. The number of amides is 1. The van der Waals surface area contributed by atoms with Crippen molar-refractivity contribution in [3.8, 4) is 5.69 Å². The highest BCUT2D eigenvalue weighted by molar-refractivity contribution is 7.99. The fourth-order valence-corrected chi connectivity index (χ4v) is 4.75. The molecule has 0 fully saturated rings. The van der Waals surface area contributed by atoms with Gasteiger partial charge in [-0.05, 0) is 44.5 Å². The van der Waals surface area contributed by atoms with Gasteiger partial charge in [0.05, 0.1) is 22.8 Å². The van der Waals surface area contributed by atoms with Gasteiger partial charge in [-0.1, -0.05) is 47.7 Å². The van der Waals surface area contributed by atoms with Gasteiger partial charge in [0.2, 0.25) is 5.91 Å². The summed E-state index contributed by atoms with van der Waals surface area (Å²) in [6.07, 6.45) is 1.68. The Balaban J connectivity index is 1.57. The molecule has 2 aromatic carbocycles. The summed E-state index contributed by atoms with van der Waals surface area (Å²) in [7, 11) is 0. The number of aromatic nitrogens is 4. The lowest BCUT2D eigenvalue weighted by Crippen LogP contribution is -2.27. The van der Waals surface area contributed by atoms with Crippen LogP contribution in [0.4, 0.5) is 10.8 Å². The molecule has 2 aromatic heterocycles. The monoisotopic (exact) mass is 435 g/mol. The van der Waals surface area contributed by atoms with E-state index < -0.39 is 0 Å². The number of benzene rings is 2. The summed E-state index contributed by atoms with van der Waals surface area (Å²) in [6.45, 7) is 6.05. The average Bonchev–Trinajstić information content (AvgIpc) is 3.36. The molecule has 0 aliphatic heterocycles. The molecule has 0 saturated heterocycles. The summed E-state index contributed by atoms with van der Waals surface area (Å²) in [5.41, 5.74) is 5.04. The summed E-state index contributed by atoms with van der Waals surface area (Å²) in [5, 5.41) is 11.6. The number of rotatable bonds is 6. The second-order valence-corrected chi connectivity index (χ2v) is 8.68. The minimum Gasteiger partial charge on any atom is -0.276 e. The molecule has 152 valence electrons. The molecule has 4 aromatic rings. The first kappa shape index (κ1) is 20.3. The third-order valence-corrected chi connectivity index (χ3v) is 6.39. The molecule has 0 aliphatic rings. The van der Waals surface area contributed by atoms with Gasteiger partial charge in [0.25, 0.3) is 0 Å². The van der Waals surface area contributed by atoms with Gasteiger partial charge < -0.3 is 0 Å². The maximum atomic E-state index is 13.2. The van der Waals surface area contributed by atoms with Crippen LogP contribution in [-0.2, 0) is 4.79 Å². The first-order chi connectivity index (χ1) is 14.5. The standard InChI is InChI=1S/C22H21N5OS2/c1-15-9-10-19(16(2)11-15)26-14-23-25-22(26)30-13-20(28)27(18-7-5-4-6-8-18)21-24-17(3)12-29-21/h4-12,14H,13H2,1-3H3. The molecule has 0 unspecified atom stereocenters. The fraction of sp³-hybridized carbons (Fsp3) is 0.182. The molecule has 0 spiro atoms. The van der Waals surface area contributed by atoms with Crippen LogP contribution in [0.2, 0.25) is 0 Å². The van der Waals surface area contributed by atoms with Crippen molar-refractivity contribution in [1.82, 2.24) is 19.7 Å². The molecule has 4 rings (SSSR count). The SMILES string of the molecule is Cc1ccc(-n2cnnc2SCC(=O)N(c2ccccc2)c2nc(C)cs2)c(C)c1. The topological polar surface area (TPSA) is 63.9 Å². The van der Waals surface area contributed by atoms with Crippen molar-refractivity contribution in [2.24, 2.45) is 0 Å². The Labute approximate surface area is 183 Å². The van der Waals surface area contributed by atoms with Gasteiger partial charge in [0.1, 0.15) is 6.33 Å². The number of hydrogen-bond acceptors (Lipinski definition) is 6. The van der Waals surface area contributed by atoms with Gasteiger partial charge in [-0.3, -0.25) is 14.3 Å². The van der Waals surface area contributed by atoms with E-state index >= 15 is 0 Å². The number of aryl methyl sites for hydroxylation is 3. The lowest BCUT2D eigenvalue weighted by Gasteiger charge is -2.20. The van der Waals surface area contributed by atoms with E-state index in [4.69, 9.17) is 0 Å². The molecule has 8 heteroatoms. The van der Waals surface area contributed by atoms with E-state index in [0.717, 1.165) is 22.6 Å². The number of thiazole rings is 1. The third kappa shape index (κ3) is 4.29. The van der Waals surface area contributed by atoms with Crippen LogP contribution in [0.5, 0.6) is 0 Å². The normalized spacial score (nSPS) is 10.9. The predicted molar refractivity (Wildman–Crippen MR) is 122 cm³/mol. The van der Waals surface area contributed by atoms with Crippen molar-refractivity contribution in [3.05, 3.63) is 77.1 Å². The number of para-hydroxylation sites is 1. The van der Waals surface area contributed by atoms with Crippen LogP contribution >= 0.6 is 23.1 Å². The van der Waals surface area contributed by atoms with Crippen molar-refractivity contribution in [1.29, 1.82) is 0 Å². The van der Waals surface area contributed by atoms with Crippen LogP contribution in [0.15, 0.2) is 65.4 Å². The van der Waals surface area contributed by atoms with E-state index in [1.165, 1.54) is 28.7 Å². The molecule has 0 N–H and O–H groups in total. The van der Waals surface area contributed by atoms with E-state index in [1.807, 2.05) is 47.2 Å². The Morgan fingerprint density at radius 2 is 1.93 bits per heavy atom. The van der Waals surface area contributed by atoms with Crippen LogP contribution < -0.4 is 4.90 Å². The van der Waals surface area contributed by atoms with Crippen molar-refractivity contribution in [3.63, 3.8) is 0 Å². The van der Waals surface area contributed by atoms with E-state index in [1.54, 1.807) is 11.2 Å². The Bertz CT molecular complexity index is 1170. The first-order valence-electron chi connectivity index (χ1n) is 9.43. The molecule has 0 radical (unpaired) electrons. The Hall–Kier alpha value is -2.97. The average molecular weight is 436 g/mol. The van der Waals surface area contributed by atoms with E-state index in [9.17, 15) is 4.79 Å². The van der Waals surface area contributed by atoms with E-state index in [2.05, 4.69) is 47.2 Å². The van der Waals surface area contributed by atoms with Gasteiger partial charge >= 0.3 is 0 Å². The molecular weight excluding hydrogens is 414 g/mol. The highest BCUT2D eigenvalue weighted by Crippen LogP contribution is 2.30. The number of carbonyl (C=O) groups excluding carboxylic acids is 1. The first-order valence-corrected chi connectivity index (χ1v) is 11.3. The Morgan fingerprint density at radius 3 is 2.63 bits per heavy atom. The quantitative estimate of drug-likeness (QED) is 0.394. The molecule has 30 heavy (non-hydrogen) atoms. The zero-order valence-electron chi connectivity index (χ0n) is 16.9. The zero-order chi connectivity index (χ0) is 21.1. The minimum absolute atomic E-state index is 0.0595. The van der Waals surface area contributed by atoms with Crippen molar-refractivity contribution in [2.75, 3.05) is 10.7 Å². The van der Waals surface area contributed by atoms with Gasteiger partial charge in [0, 0.05) is 5.38 Å². The lowest BCUT2D eigenvalue weighted by molar-refractivity contribution is -0.115. The Morgan fingerprint density at radius 1 is 1.13 bits per heavy atom. The van der Waals surface area contributed by atoms with Gasteiger partial charge in [-0.2, -0.15) is 0 Å². The van der Waals surface area contributed by atoms with Gasteiger partial charge in [0.15, 0.2) is 10.3 Å². The molecular formula is C22H21N5OS2. The number of anilines is 2. The number of carbonyl (C=O) groups is 1. The minimum atomic E-state index is -0.0595. The summed E-state index contributed by atoms with van der Waals surface area (Å²) in [5.74, 6) is 0.160. The van der Waals surface area contributed by atoms with Gasteiger partial charge in [-0.25, -0.2) is 4.98 Å². The van der Waals surface area contributed by atoms with Crippen LogP contribution in [0.25, 0.3) is 5.69 Å². The maximum Gasteiger partial charge on any atom is 0.243 e. The highest BCUT2D eigenvalue weighted by Gasteiger charge is 2.22. The van der Waals surface area contributed by atoms with Crippen molar-refractivity contribution in [2.45, 2.75) is 25.9 Å². The largest absolute Gasteiger partial charge is 0.276 e. The molecule has 0 aliphatic carbocycles. The van der Waals surface area contributed by atoms with Crippen LogP contribution in [-0.4, -0.2) is 31.4 Å². The van der Waals surface area contributed by atoms with Crippen molar-refractivity contribution >= 4 is 39.8 Å². The lowest BCUT2D eigenvalue weighted by atomic mass is 10.1. The molecule has 0 bridgehead atoms. The molecule has 6 nitrogen and oxygen atoms in total. The van der Waals surface area contributed by atoms with Crippen LogP contribution in [0.1, 0.15) is 16.8 Å². The summed E-state index contributed by atoms with van der Waals surface area (Å²) >= 11 is 2.83. The summed E-state index contributed by atoms with van der Waals surface area (Å²) in [4.78, 5) is 19.4. The third-order valence-electron chi connectivity index (χ3n) is 4.52. The number of thioether (sulfide) groups is 1. The van der Waals surface area contributed by atoms with Crippen LogP contribution in [0, 0.1) is 20.8 Å². The van der Waals surface area contributed by atoms with E-state index in [0.29, 0.717) is 10.3 Å². The maximum absolute atomic E-state index is 13.2. The zero-order valence-corrected chi connectivity index (χ0v) is 18.6.